The monoisotopic (exact) mass is 324 g/mol. The van der Waals surface area contributed by atoms with Gasteiger partial charge in [-0.25, -0.2) is 0 Å². The van der Waals surface area contributed by atoms with Gasteiger partial charge in [-0.3, -0.25) is 4.79 Å². The fourth-order valence-corrected chi connectivity index (χ4v) is 3.11. The quantitative estimate of drug-likeness (QED) is 0.897. The second-order valence-corrected chi connectivity index (χ2v) is 6.58. The van der Waals surface area contributed by atoms with Crippen molar-refractivity contribution in [2.24, 2.45) is 11.1 Å². The Labute approximate surface area is 123 Å². The predicted molar refractivity (Wildman–Crippen MR) is 80.6 cm³/mol. The van der Waals surface area contributed by atoms with Crippen molar-refractivity contribution < 1.29 is 4.79 Å². The maximum Gasteiger partial charge on any atom is 0.227 e. The van der Waals surface area contributed by atoms with Gasteiger partial charge in [0.1, 0.15) is 0 Å². The minimum absolute atomic E-state index is 0.00498. The Kier molecular flexibility index (Phi) is 4.31. The van der Waals surface area contributed by atoms with Crippen molar-refractivity contribution in [3.8, 4) is 0 Å². The highest BCUT2D eigenvalue weighted by Crippen LogP contribution is 2.37. The number of amides is 1. The van der Waals surface area contributed by atoms with Crippen molar-refractivity contribution in [1.82, 2.24) is 5.32 Å². The van der Waals surface area contributed by atoms with Crippen LogP contribution in [0.15, 0.2) is 28.7 Å². The van der Waals surface area contributed by atoms with E-state index in [1.54, 1.807) is 0 Å². The number of halogens is 1. The summed E-state index contributed by atoms with van der Waals surface area (Å²) in [4.78, 5) is 12.4. The molecule has 0 saturated heterocycles. The van der Waals surface area contributed by atoms with Crippen LogP contribution in [0.5, 0.6) is 0 Å². The number of nitrogens with two attached hydrogens (primary N) is 1. The van der Waals surface area contributed by atoms with E-state index >= 15 is 0 Å². The third kappa shape index (κ3) is 3.00. The number of carbonyl (C=O) groups excluding carboxylic acids is 1. The van der Waals surface area contributed by atoms with E-state index in [1.165, 1.54) is 0 Å². The molecule has 0 bridgehead atoms. The minimum atomic E-state index is -0.416. The molecule has 1 aliphatic carbocycles. The smallest absolute Gasteiger partial charge is 0.227 e. The third-order valence-electron chi connectivity index (χ3n) is 4.24. The lowest BCUT2D eigenvalue weighted by Gasteiger charge is -2.29. The maximum absolute atomic E-state index is 12.4. The third-order valence-corrected chi connectivity index (χ3v) is 4.74. The molecule has 1 amide bonds. The van der Waals surface area contributed by atoms with E-state index in [1.807, 2.05) is 38.1 Å². The molecule has 2 unspecified atom stereocenters. The fraction of sp³-hybridized carbons (Fsp3) is 0.533. The second kappa shape index (κ2) is 5.63. The summed E-state index contributed by atoms with van der Waals surface area (Å²) >= 11 is 3.45. The molecule has 0 spiro atoms. The highest BCUT2D eigenvalue weighted by Gasteiger charge is 2.43. The molecule has 1 aliphatic rings. The average molecular weight is 325 g/mol. The zero-order chi connectivity index (χ0) is 14.0. The Bertz CT molecular complexity index is 477. The SMILES string of the molecule is C[C@@H](NC(=O)C1(C)CCCC1N)c1cccc(Br)c1. The van der Waals surface area contributed by atoms with Gasteiger partial charge in [0.15, 0.2) is 0 Å². The van der Waals surface area contributed by atoms with Gasteiger partial charge in [-0.1, -0.05) is 34.5 Å². The lowest BCUT2D eigenvalue weighted by atomic mass is 9.84. The standard InChI is InChI=1S/C15H21BrN2O/c1-10(11-5-3-6-12(16)9-11)18-14(19)15(2)8-4-7-13(15)17/h3,5-6,9-10,13H,4,7-8,17H2,1-2H3,(H,18,19)/t10-,13?,15?/m1/s1. The molecule has 0 radical (unpaired) electrons. The van der Waals surface area contributed by atoms with Gasteiger partial charge in [0.05, 0.1) is 11.5 Å². The molecule has 0 aromatic heterocycles. The number of nitrogens with one attached hydrogen (secondary N) is 1. The Morgan fingerprint density at radius 2 is 2.32 bits per heavy atom. The molecule has 1 saturated carbocycles. The molecular weight excluding hydrogens is 304 g/mol. The summed E-state index contributed by atoms with van der Waals surface area (Å²) in [7, 11) is 0. The van der Waals surface area contributed by atoms with Crippen LogP contribution in [0.1, 0.15) is 44.7 Å². The van der Waals surface area contributed by atoms with Gasteiger partial charge < -0.3 is 11.1 Å². The predicted octanol–water partition coefficient (Wildman–Crippen LogP) is 3.14. The average Bonchev–Trinajstić information content (AvgIpc) is 2.71. The fourth-order valence-electron chi connectivity index (χ4n) is 2.70. The summed E-state index contributed by atoms with van der Waals surface area (Å²) in [5.74, 6) is 0.0741. The number of carbonyl (C=O) groups is 1. The summed E-state index contributed by atoms with van der Waals surface area (Å²) in [6.07, 6.45) is 2.86. The lowest BCUT2D eigenvalue weighted by molar-refractivity contribution is -0.131. The van der Waals surface area contributed by atoms with Gasteiger partial charge in [-0.05, 0) is 44.4 Å². The number of benzene rings is 1. The first kappa shape index (κ1) is 14.5. The van der Waals surface area contributed by atoms with E-state index in [0.29, 0.717) is 0 Å². The number of rotatable bonds is 3. The highest BCUT2D eigenvalue weighted by molar-refractivity contribution is 9.10. The summed E-state index contributed by atoms with van der Waals surface area (Å²) < 4.78 is 1.02. The highest BCUT2D eigenvalue weighted by atomic mass is 79.9. The molecule has 19 heavy (non-hydrogen) atoms. The van der Waals surface area contributed by atoms with Gasteiger partial charge in [-0.2, -0.15) is 0 Å². The molecule has 1 aromatic carbocycles. The van der Waals surface area contributed by atoms with Crippen LogP contribution in [0.2, 0.25) is 0 Å². The van der Waals surface area contributed by atoms with Crippen LogP contribution >= 0.6 is 15.9 Å². The van der Waals surface area contributed by atoms with Crippen molar-refractivity contribution >= 4 is 21.8 Å². The van der Waals surface area contributed by atoms with E-state index < -0.39 is 5.41 Å². The molecule has 0 aliphatic heterocycles. The minimum Gasteiger partial charge on any atom is -0.349 e. The van der Waals surface area contributed by atoms with Gasteiger partial charge in [0, 0.05) is 10.5 Å². The summed E-state index contributed by atoms with van der Waals surface area (Å²) in [6.45, 7) is 3.98. The molecule has 104 valence electrons. The second-order valence-electron chi connectivity index (χ2n) is 5.67. The van der Waals surface area contributed by atoms with Crippen LogP contribution in [0.3, 0.4) is 0 Å². The molecule has 2 rings (SSSR count). The topological polar surface area (TPSA) is 55.1 Å². The van der Waals surface area contributed by atoms with E-state index in [2.05, 4.69) is 21.2 Å². The summed E-state index contributed by atoms with van der Waals surface area (Å²) in [5, 5.41) is 3.10. The molecule has 1 aromatic rings. The van der Waals surface area contributed by atoms with Crippen LogP contribution in [0.25, 0.3) is 0 Å². The van der Waals surface area contributed by atoms with Crippen LogP contribution in [-0.4, -0.2) is 11.9 Å². The normalized spacial score (nSPS) is 28.1. The van der Waals surface area contributed by atoms with Crippen molar-refractivity contribution in [2.45, 2.75) is 45.2 Å². The summed E-state index contributed by atoms with van der Waals surface area (Å²) in [6, 6.07) is 7.98. The van der Waals surface area contributed by atoms with Crippen molar-refractivity contribution in [2.75, 3.05) is 0 Å². The van der Waals surface area contributed by atoms with Crippen LogP contribution in [0.4, 0.5) is 0 Å². The zero-order valence-corrected chi connectivity index (χ0v) is 13.0. The van der Waals surface area contributed by atoms with Gasteiger partial charge >= 0.3 is 0 Å². The zero-order valence-electron chi connectivity index (χ0n) is 11.4. The van der Waals surface area contributed by atoms with E-state index in [4.69, 9.17) is 5.73 Å². The molecule has 0 heterocycles. The molecule has 3 atom stereocenters. The van der Waals surface area contributed by atoms with Gasteiger partial charge in [0.25, 0.3) is 0 Å². The van der Waals surface area contributed by atoms with Gasteiger partial charge in [0.2, 0.25) is 5.91 Å². The largest absolute Gasteiger partial charge is 0.349 e. The molecule has 1 fully saturated rings. The first-order valence-corrected chi connectivity index (χ1v) is 7.55. The van der Waals surface area contributed by atoms with Crippen molar-refractivity contribution in [3.63, 3.8) is 0 Å². The maximum atomic E-state index is 12.4. The lowest BCUT2D eigenvalue weighted by Crippen LogP contribution is -2.47. The Hall–Kier alpha value is -0.870. The van der Waals surface area contributed by atoms with Crippen LogP contribution in [-0.2, 0) is 4.79 Å². The first-order chi connectivity index (χ1) is 8.93. The first-order valence-electron chi connectivity index (χ1n) is 6.75. The van der Waals surface area contributed by atoms with Gasteiger partial charge in [-0.15, -0.1) is 0 Å². The number of hydrogen-bond donors (Lipinski definition) is 2. The van der Waals surface area contributed by atoms with Crippen LogP contribution in [0, 0.1) is 5.41 Å². The van der Waals surface area contributed by atoms with E-state index in [0.717, 1.165) is 29.3 Å². The molecule has 3 N–H and O–H groups in total. The molecule has 4 heteroatoms. The Balaban J connectivity index is 2.07. The van der Waals surface area contributed by atoms with Crippen molar-refractivity contribution in [3.05, 3.63) is 34.3 Å². The van der Waals surface area contributed by atoms with E-state index in [-0.39, 0.29) is 18.0 Å². The number of hydrogen-bond acceptors (Lipinski definition) is 2. The summed E-state index contributed by atoms with van der Waals surface area (Å²) in [5.41, 5.74) is 6.76. The Morgan fingerprint density at radius 3 is 2.89 bits per heavy atom. The Morgan fingerprint density at radius 1 is 1.58 bits per heavy atom. The molecule has 3 nitrogen and oxygen atoms in total. The van der Waals surface area contributed by atoms with E-state index in [9.17, 15) is 4.79 Å². The van der Waals surface area contributed by atoms with Crippen molar-refractivity contribution in [1.29, 1.82) is 0 Å². The molecular formula is C15H21BrN2O. The van der Waals surface area contributed by atoms with Crippen LogP contribution < -0.4 is 11.1 Å².